The molecule has 5 rings (SSSR count). The molecule has 0 bridgehead atoms. The lowest BCUT2D eigenvalue weighted by molar-refractivity contribution is 0.0534. The van der Waals surface area contributed by atoms with Gasteiger partial charge in [0.2, 0.25) is 6.79 Å². The Hall–Kier alpha value is -3.39. The van der Waals surface area contributed by atoms with Crippen molar-refractivity contribution in [2.24, 2.45) is 0 Å². The fraction of sp³-hybridized carbons (Fsp3) is 0.318. The van der Waals surface area contributed by atoms with Crippen LogP contribution in [0.25, 0.3) is 16.9 Å². The molecular weight excluding hydrogens is 392 g/mol. The van der Waals surface area contributed by atoms with Crippen LogP contribution in [0.15, 0.2) is 24.0 Å². The average Bonchev–Trinajstić information content (AvgIpc) is 3.38. The van der Waals surface area contributed by atoms with Crippen LogP contribution in [0.4, 0.5) is 0 Å². The van der Waals surface area contributed by atoms with Gasteiger partial charge in [-0.2, -0.15) is 0 Å². The number of carbonyl (C=O) groups is 1. The van der Waals surface area contributed by atoms with Gasteiger partial charge in [-0.1, -0.05) is 6.07 Å². The minimum atomic E-state index is -0.518. The summed E-state index contributed by atoms with van der Waals surface area (Å²) in [4.78, 5) is 12.7. The van der Waals surface area contributed by atoms with E-state index >= 15 is 0 Å². The largest absolute Gasteiger partial charge is 0.504 e. The Morgan fingerprint density at radius 2 is 1.77 bits per heavy atom. The highest BCUT2D eigenvalue weighted by atomic mass is 16.7. The zero-order valence-corrected chi connectivity index (χ0v) is 16.7. The number of esters is 1. The van der Waals surface area contributed by atoms with Gasteiger partial charge in [0.05, 0.1) is 25.3 Å². The number of methoxy groups -OCH3 is 3. The van der Waals surface area contributed by atoms with Gasteiger partial charge in [-0.25, -0.2) is 4.79 Å². The molecule has 2 aromatic carbocycles. The number of benzene rings is 2. The Balaban J connectivity index is 1.86. The number of aliphatic hydroxyl groups excluding tert-OH is 1. The minimum Gasteiger partial charge on any atom is -0.504 e. The second-order valence-electron chi connectivity index (χ2n) is 7.10. The van der Waals surface area contributed by atoms with E-state index in [0.717, 1.165) is 5.56 Å². The highest BCUT2D eigenvalue weighted by Gasteiger charge is 2.40. The molecule has 0 amide bonds. The third-order valence-corrected chi connectivity index (χ3v) is 5.73. The van der Waals surface area contributed by atoms with Crippen LogP contribution in [0.5, 0.6) is 17.2 Å². The van der Waals surface area contributed by atoms with Gasteiger partial charge in [0.15, 0.2) is 23.0 Å². The molecule has 0 saturated heterocycles. The van der Waals surface area contributed by atoms with Gasteiger partial charge in [0, 0.05) is 24.7 Å². The Kier molecular flexibility index (Phi) is 4.25. The number of hydrogen-bond donors (Lipinski definition) is 1. The summed E-state index contributed by atoms with van der Waals surface area (Å²) in [6.45, 7) is 0.206. The maximum absolute atomic E-state index is 12.7. The quantitative estimate of drug-likeness (QED) is 0.766. The molecule has 1 aliphatic carbocycles. The van der Waals surface area contributed by atoms with Gasteiger partial charge in [-0.05, 0) is 23.3 Å². The Morgan fingerprint density at radius 3 is 2.50 bits per heavy atom. The topological polar surface area (TPSA) is 92.7 Å². The van der Waals surface area contributed by atoms with Crippen LogP contribution in [0.1, 0.15) is 27.0 Å². The molecule has 30 heavy (non-hydrogen) atoms. The first-order valence-corrected chi connectivity index (χ1v) is 9.42. The van der Waals surface area contributed by atoms with Gasteiger partial charge in [-0.3, -0.25) is 0 Å². The van der Waals surface area contributed by atoms with Crippen molar-refractivity contribution in [1.29, 1.82) is 0 Å². The average molecular weight is 412 g/mol. The van der Waals surface area contributed by atoms with E-state index in [0.29, 0.717) is 57.2 Å². The van der Waals surface area contributed by atoms with E-state index in [1.165, 1.54) is 14.2 Å². The summed E-state index contributed by atoms with van der Waals surface area (Å²) in [6, 6.07) is 5.48. The van der Waals surface area contributed by atoms with E-state index in [4.69, 9.17) is 28.4 Å². The monoisotopic (exact) mass is 412 g/mol. The second kappa shape index (κ2) is 6.84. The zero-order valence-electron chi connectivity index (χ0n) is 16.7. The molecule has 2 aromatic rings. The molecule has 0 aromatic heterocycles. The normalized spacial score (nSPS) is 18.8. The lowest BCUT2D eigenvalue weighted by Gasteiger charge is -2.30. The van der Waals surface area contributed by atoms with E-state index in [9.17, 15) is 9.90 Å². The van der Waals surface area contributed by atoms with E-state index in [2.05, 4.69) is 0 Å². The summed E-state index contributed by atoms with van der Waals surface area (Å²) in [7, 11) is 4.52. The fourth-order valence-electron chi connectivity index (χ4n) is 4.42. The zero-order chi connectivity index (χ0) is 21.0. The van der Waals surface area contributed by atoms with E-state index in [1.807, 2.05) is 12.1 Å². The van der Waals surface area contributed by atoms with Gasteiger partial charge in [0.1, 0.15) is 18.5 Å². The number of hydrogen-bond acceptors (Lipinski definition) is 8. The van der Waals surface area contributed by atoms with Crippen LogP contribution in [0.2, 0.25) is 0 Å². The molecule has 0 radical (unpaired) electrons. The molecule has 156 valence electrons. The molecule has 0 spiro atoms. The Morgan fingerprint density at radius 1 is 0.967 bits per heavy atom. The third kappa shape index (κ3) is 2.46. The summed E-state index contributed by atoms with van der Waals surface area (Å²) >= 11 is 0. The lowest BCUT2D eigenvalue weighted by atomic mass is 9.81. The smallest absolute Gasteiger partial charge is 0.339 e. The minimum absolute atomic E-state index is 0.0610. The molecule has 3 aliphatic rings. The third-order valence-electron chi connectivity index (χ3n) is 5.73. The van der Waals surface area contributed by atoms with Crippen molar-refractivity contribution < 1.29 is 38.3 Å². The van der Waals surface area contributed by atoms with Crippen LogP contribution in [0, 0.1) is 0 Å². The first-order chi connectivity index (χ1) is 14.6. The predicted molar refractivity (Wildman–Crippen MR) is 105 cm³/mol. The van der Waals surface area contributed by atoms with Crippen molar-refractivity contribution >= 4 is 11.7 Å². The standard InChI is InChI=1S/C22H20O8/c1-25-15-7-11-16(10-4-5-13-14(6-10)30-9-29-13)17-12(8-28-22(17)24)20(26-2)18(11)19(23)21(15)27-3/h4-6,15,23H,7-9H2,1-3H3. The molecular formula is C22H20O8. The van der Waals surface area contributed by atoms with Crippen molar-refractivity contribution in [1.82, 2.24) is 0 Å². The molecule has 2 aliphatic heterocycles. The van der Waals surface area contributed by atoms with Crippen molar-refractivity contribution in [2.45, 2.75) is 19.1 Å². The molecule has 8 heteroatoms. The van der Waals surface area contributed by atoms with Crippen LogP contribution >= 0.6 is 0 Å². The highest BCUT2D eigenvalue weighted by molar-refractivity contribution is 6.04. The van der Waals surface area contributed by atoms with Gasteiger partial charge in [-0.15, -0.1) is 0 Å². The SMILES string of the molecule is COC1=C(O)c2c(c(-c3ccc4c(c3)OCO4)c3c(c2OC)COC3=O)CC1OC. The highest BCUT2D eigenvalue weighted by Crippen LogP contribution is 2.49. The van der Waals surface area contributed by atoms with Crippen LogP contribution in [0.3, 0.4) is 0 Å². The lowest BCUT2D eigenvalue weighted by Crippen LogP contribution is -2.26. The van der Waals surface area contributed by atoms with Crippen molar-refractivity contribution in [3.05, 3.63) is 46.2 Å². The van der Waals surface area contributed by atoms with Gasteiger partial charge < -0.3 is 33.5 Å². The van der Waals surface area contributed by atoms with Crippen molar-refractivity contribution in [3.63, 3.8) is 0 Å². The van der Waals surface area contributed by atoms with Crippen LogP contribution in [-0.2, 0) is 27.2 Å². The molecule has 1 unspecified atom stereocenters. The first kappa shape index (κ1) is 18.6. The van der Waals surface area contributed by atoms with Crippen LogP contribution < -0.4 is 14.2 Å². The summed E-state index contributed by atoms with van der Waals surface area (Å²) in [6.07, 6.45) is -0.143. The van der Waals surface area contributed by atoms with Gasteiger partial charge >= 0.3 is 5.97 Å². The molecule has 8 nitrogen and oxygen atoms in total. The molecule has 1 N–H and O–H groups in total. The molecule has 0 fully saturated rings. The van der Waals surface area contributed by atoms with E-state index < -0.39 is 12.1 Å². The number of aliphatic hydroxyl groups is 1. The fourth-order valence-corrected chi connectivity index (χ4v) is 4.42. The van der Waals surface area contributed by atoms with Crippen molar-refractivity contribution in [2.75, 3.05) is 28.1 Å². The number of fused-ring (bicyclic) bond motifs is 3. The summed E-state index contributed by atoms with van der Waals surface area (Å²) in [5.74, 6) is 1.43. The number of rotatable bonds is 4. The number of ether oxygens (including phenoxy) is 6. The Labute approximate surface area is 172 Å². The maximum atomic E-state index is 12.7. The molecule has 2 heterocycles. The molecule has 0 saturated carbocycles. The van der Waals surface area contributed by atoms with Crippen LogP contribution in [-0.4, -0.2) is 45.3 Å². The maximum Gasteiger partial charge on any atom is 0.339 e. The first-order valence-electron chi connectivity index (χ1n) is 9.42. The number of carbonyl (C=O) groups excluding carboxylic acids is 1. The van der Waals surface area contributed by atoms with Crippen molar-refractivity contribution in [3.8, 4) is 28.4 Å². The predicted octanol–water partition coefficient (Wildman–Crippen LogP) is 3.21. The van der Waals surface area contributed by atoms with E-state index in [1.54, 1.807) is 13.2 Å². The Bertz CT molecular complexity index is 1100. The molecule has 1 atom stereocenters. The summed E-state index contributed by atoms with van der Waals surface area (Å²) in [5.41, 5.74) is 3.61. The van der Waals surface area contributed by atoms with E-state index in [-0.39, 0.29) is 19.2 Å². The second-order valence-corrected chi connectivity index (χ2v) is 7.10. The number of cyclic esters (lactones) is 1. The summed E-state index contributed by atoms with van der Waals surface area (Å²) in [5, 5.41) is 11.1. The van der Waals surface area contributed by atoms with Gasteiger partial charge in [0.25, 0.3) is 0 Å². The summed E-state index contributed by atoms with van der Waals surface area (Å²) < 4.78 is 32.9.